The number of carbonyl (C=O) groups excluding carboxylic acids is 2. The summed E-state index contributed by atoms with van der Waals surface area (Å²) in [6, 6.07) is -0.544. The van der Waals surface area contributed by atoms with Gasteiger partial charge in [0.05, 0.1) is 25.4 Å². The number of esters is 1. The molecule has 66 heavy (non-hydrogen) atoms. The van der Waals surface area contributed by atoms with Gasteiger partial charge in [-0.3, -0.25) is 9.59 Å². The van der Waals surface area contributed by atoms with Crippen LogP contribution in [0, 0.1) is 0 Å². The Morgan fingerprint density at radius 1 is 0.424 bits per heavy atom. The number of rotatable bonds is 53. The summed E-state index contributed by atoms with van der Waals surface area (Å²) in [6.07, 6.45) is 69.8. The highest BCUT2D eigenvalue weighted by atomic mass is 16.5. The lowest BCUT2D eigenvalue weighted by Gasteiger charge is -2.22. The zero-order valence-corrected chi connectivity index (χ0v) is 43.9. The third-order valence-corrected chi connectivity index (χ3v) is 13.1. The second kappa shape index (κ2) is 55.4. The highest BCUT2D eigenvalue weighted by Gasteiger charge is 2.20. The zero-order chi connectivity index (χ0) is 47.9. The summed E-state index contributed by atoms with van der Waals surface area (Å²) in [5.74, 6) is -0.0852. The lowest BCUT2D eigenvalue weighted by atomic mass is 10.0. The molecule has 386 valence electrons. The second-order valence-electron chi connectivity index (χ2n) is 19.6. The zero-order valence-electron chi connectivity index (χ0n) is 43.9. The molecular weight excluding hydrogens is 815 g/mol. The van der Waals surface area contributed by atoms with Crippen LogP contribution in [0.15, 0.2) is 48.6 Å². The van der Waals surface area contributed by atoms with Gasteiger partial charge in [0, 0.05) is 12.8 Å². The molecule has 3 N–H and O–H groups in total. The minimum atomic E-state index is -0.667. The smallest absolute Gasteiger partial charge is 0.305 e. The van der Waals surface area contributed by atoms with E-state index in [9.17, 15) is 19.8 Å². The first-order valence-electron chi connectivity index (χ1n) is 28.9. The van der Waals surface area contributed by atoms with Crippen molar-refractivity contribution >= 4 is 11.9 Å². The number of hydrogen-bond donors (Lipinski definition) is 3. The fourth-order valence-electron chi connectivity index (χ4n) is 8.68. The maximum absolute atomic E-state index is 12.4. The van der Waals surface area contributed by atoms with Gasteiger partial charge in [-0.25, -0.2) is 0 Å². The molecule has 0 spiro atoms. The van der Waals surface area contributed by atoms with Crippen molar-refractivity contribution < 1.29 is 24.5 Å². The Kier molecular flexibility index (Phi) is 53.6. The Balaban J connectivity index is 3.44. The predicted molar refractivity (Wildman–Crippen MR) is 287 cm³/mol. The largest absolute Gasteiger partial charge is 0.465 e. The van der Waals surface area contributed by atoms with E-state index in [2.05, 4.69) is 67.8 Å². The first-order valence-corrected chi connectivity index (χ1v) is 28.9. The first kappa shape index (κ1) is 63.8. The molecule has 2 atom stereocenters. The van der Waals surface area contributed by atoms with Gasteiger partial charge in [0.2, 0.25) is 5.91 Å². The second-order valence-corrected chi connectivity index (χ2v) is 19.6. The molecule has 0 fully saturated rings. The molecule has 0 saturated carbocycles. The number of allylic oxidation sites excluding steroid dienone is 7. The van der Waals surface area contributed by atoms with E-state index < -0.39 is 12.1 Å². The van der Waals surface area contributed by atoms with E-state index in [0.717, 1.165) is 57.8 Å². The highest BCUT2D eigenvalue weighted by molar-refractivity contribution is 5.76. The predicted octanol–water partition coefficient (Wildman–Crippen LogP) is 17.8. The van der Waals surface area contributed by atoms with Crippen molar-refractivity contribution in [1.82, 2.24) is 5.32 Å². The van der Waals surface area contributed by atoms with Crippen LogP contribution in [0.2, 0.25) is 0 Å². The standard InChI is InChI=1S/C60H111NO5/c1-3-5-7-9-11-13-15-16-17-18-25-28-31-34-38-42-46-50-54-60(65)66-55-51-47-43-39-35-32-29-26-23-21-19-20-22-24-27-30-33-37-41-45-49-53-59(64)61-57(56-62)58(63)52-48-44-40-36-14-12-10-8-6-4-2/h13,15,17-18,32,35,43,47,57-58,62-63H,3-12,14,16,19-31,33-34,36-42,44-46,48-56H2,1-2H3,(H,61,64)/b15-13-,18-17-,35-32-,47-43-. The Bertz CT molecular complexity index is 1110. The van der Waals surface area contributed by atoms with Gasteiger partial charge in [-0.2, -0.15) is 0 Å². The van der Waals surface area contributed by atoms with E-state index in [1.807, 2.05) is 0 Å². The van der Waals surface area contributed by atoms with Crippen molar-refractivity contribution in [2.45, 2.75) is 309 Å². The summed E-state index contributed by atoms with van der Waals surface area (Å²) in [5, 5.41) is 23.1. The lowest BCUT2D eigenvalue weighted by Crippen LogP contribution is -2.45. The van der Waals surface area contributed by atoms with Crippen molar-refractivity contribution in [3.63, 3.8) is 0 Å². The molecule has 0 rings (SSSR count). The molecule has 0 saturated heterocycles. The van der Waals surface area contributed by atoms with Gasteiger partial charge in [0.1, 0.15) is 0 Å². The normalized spacial score (nSPS) is 13.0. The van der Waals surface area contributed by atoms with Crippen LogP contribution >= 0.6 is 0 Å². The number of nitrogens with one attached hydrogen (secondary N) is 1. The number of aliphatic hydroxyl groups is 2. The molecule has 6 heteroatoms. The molecule has 0 aliphatic carbocycles. The van der Waals surface area contributed by atoms with E-state index in [0.29, 0.717) is 25.9 Å². The monoisotopic (exact) mass is 926 g/mol. The van der Waals surface area contributed by atoms with Crippen molar-refractivity contribution in [2.24, 2.45) is 0 Å². The van der Waals surface area contributed by atoms with Crippen LogP contribution in [0.4, 0.5) is 0 Å². The SMILES string of the molecule is CCCCCC/C=C\C/C=C\CCCCCCCCCC(=O)OCC/C=C\C/C=C\CCCCCCCCCCCCCCCCC(=O)NC(CO)C(O)CCCCCCCCCCCC. The average Bonchev–Trinajstić information content (AvgIpc) is 3.32. The van der Waals surface area contributed by atoms with Crippen LogP contribution in [-0.2, 0) is 14.3 Å². The van der Waals surface area contributed by atoms with Crippen LogP contribution in [0.5, 0.6) is 0 Å². The summed E-state index contributed by atoms with van der Waals surface area (Å²) in [4.78, 5) is 24.5. The van der Waals surface area contributed by atoms with Gasteiger partial charge in [-0.05, 0) is 77.0 Å². The van der Waals surface area contributed by atoms with Gasteiger partial charge >= 0.3 is 5.97 Å². The third kappa shape index (κ3) is 51.2. The molecule has 0 aromatic heterocycles. The van der Waals surface area contributed by atoms with E-state index in [-0.39, 0.29) is 18.5 Å². The molecule has 0 aliphatic heterocycles. The van der Waals surface area contributed by atoms with Gasteiger partial charge < -0.3 is 20.3 Å². The van der Waals surface area contributed by atoms with E-state index in [1.165, 1.54) is 205 Å². The van der Waals surface area contributed by atoms with Gasteiger partial charge in [-0.1, -0.05) is 255 Å². The minimum absolute atomic E-state index is 0.0421. The number of ether oxygens (including phenoxy) is 1. The van der Waals surface area contributed by atoms with Gasteiger partial charge in [-0.15, -0.1) is 0 Å². The first-order chi connectivity index (χ1) is 32.5. The third-order valence-electron chi connectivity index (χ3n) is 13.1. The Hall–Kier alpha value is -2.18. The molecule has 0 bridgehead atoms. The van der Waals surface area contributed by atoms with Crippen LogP contribution in [0.3, 0.4) is 0 Å². The number of aliphatic hydroxyl groups excluding tert-OH is 2. The summed E-state index contributed by atoms with van der Waals surface area (Å²) in [7, 11) is 0. The van der Waals surface area contributed by atoms with Gasteiger partial charge in [0.25, 0.3) is 0 Å². The van der Waals surface area contributed by atoms with Crippen LogP contribution in [0.1, 0.15) is 296 Å². The van der Waals surface area contributed by atoms with Crippen LogP contribution < -0.4 is 5.32 Å². The number of carbonyl (C=O) groups is 2. The number of hydrogen-bond acceptors (Lipinski definition) is 5. The molecule has 0 aliphatic rings. The average molecular weight is 927 g/mol. The maximum atomic E-state index is 12.4. The fraction of sp³-hybridized carbons (Fsp3) is 0.833. The number of amides is 1. The topological polar surface area (TPSA) is 95.9 Å². The van der Waals surface area contributed by atoms with Crippen molar-refractivity contribution in [2.75, 3.05) is 13.2 Å². The summed E-state index contributed by atoms with van der Waals surface area (Å²) < 4.78 is 5.42. The van der Waals surface area contributed by atoms with E-state index in [1.54, 1.807) is 0 Å². The Morgan fingerprint density at radius 3 is 1.17 bits per heavy atom. The van der Waals surface area contributed by atoms with Crippen molar-refractivity contribution in [3.05, 3.63) is 48.6 Å². The van der Waals surface area contributed by atoms with Crippen molar-refractivity contribution in [1.29, 1.82) is 0 Å². The van der Waals surface area contributed by atoms with Gasteiger partial charge in [0.15, 0.2) is 0 Å². The fourth-order valence-corrected chi connectivity index (χ4v) is 8.68. The summed E-state index contributed by atoms with van der Waals surface area (Å²) in [5.41, 5.74) is 0. The van der Waals surface area contributed by atoms with E-state index in [4.69, 9.17) is 4.74 Å². The molecule has 2 unspecified atom stereocenters. The minimum Gasteiger partial charge on any atom is -0.465 e. The molecular formula is C60H111NO5. The van der Waals surface area contributed by atoms with Crippen molar-refractivity contribution in [3.8, 4) is 0 Å². The Labute approximate surface area is 410 Å². The Morgan fingerprint density at radius 2 is 0.758 bits per heavy atom. The summed E-state index contributed by atoms with van der Waals surface area (Å²) in [6.45, 7) is 4.81. The maximum Gasteiger partial charge on any atom is 0.305 e. The van der Waals surface area contributed by atoms with Crippen LogP contribution in [-0.4, -0.2) is 47.4 Å². The van der Waals surface area contributed by atoms with Crippen LogP contribution in [0.25, 0.3) is 0 Å². The quantitative estimate of drug-likeness (QED) is 0.0321. The molecule has 0 aromatic carbocycles. The molecule has 0 radical (unpaired) electrons. The highest BCUT2D eigenvalue weighted by Crippen LogP contribution is 2.16. The number of unbranched alkanes of at least 4 members (excludes halogenated alkanes) is 34. The van der Waals surface area contributed by atoms with E-state index >= 15 is 0 Å². The summed E-state index contributed by atoms with van der Waals surface area (Å²) >= 11 is 0. The molecule has 1 amide bonds. The molecule has 6 nitrogen and oxygen atoms in total. The molecule has 0 heterocycles. The molecule has 0 aromatic rings. The lowest BCUT2D eigenvalue weighted by molar-refractivity contribution is -0.143.